The van der Waals surface area contributed by atoms with Crippen LogP contribution in [0.15, 0.2) is 18.2 Å². The van der Waals surface area contributed by atoms with E-state index in [1.807, 2.05) is 0 Å². The first-order valence-electron chi connectivity index (χ1n) is 4.12. The summed E-state index contributed by atoms with van der Waals surface area (Å²) in [6, 6.07) is 3.29. The summed E-state index contributed by atoms with van der Waals surface area (Å²) in [4.78, 5) is 0. The summed E-state index contributed by atoms with van der Waals surface area (Å²) in [6.07, 6.45) is 0. The number of rotatable bonds is 2. The third-order valence-electron chi connectivity index (χ3n) is 1.89. The maximum atomic E-state index is 13.2. The Morgan fingerprint density at radius 1 is 1.33 bits per heavy atom. The van der Waals surface area contributed by atoms with E-state index >= 15 is 0 Å². The molecule has 0 spiro atoms. The maximum Gasteiger partial charge on any atom is 0.240 e. The van der Waals surface area contributed by atoms with Crippen molar-refractivity contribution in [3.63, 3.8) is 0 Å². The predicted molar refractivity (Wildman–Crippen MR) is 47.7 cm³/mol. The van der Waals surface area contributed by atoms with Crippen LogP contribution in [0.4, 0.5) is 14.7 Å². The van der Waals surface area contributed by atoms with Gasteiger partial charge in [-0.2, -0.15) is 0 Å². The van der Waals surface area contributed by atoms with Gasteiger partial charge in [0.1, 0.15) is 11.6 Å². The molecule has 2 rings (SSSR count). The lowest BCUT2D eigenvalue weighted by molar-refractivity contribution is 0.556. The summed E-state index contributed by atoms with van der Waals surface area (Å²) in [6.45, 7) is 0.0744. The second-order valence-electron chi connectivity index (χ2n) is 2.93. The Balaban J connectivity index is 2.29. The number of nitrogens with two attached hydrogens (primary N) is 1. The van der Waals surface area contributed by atoms with Crippen LogP contribution in [0.1, 0.15) is 5.56 Å². The summed E-state index contributed by atoms with van der Waals surface area (Å²) < 4.78 is 27.0. The Kier molecular flexibility index (Phi) is 2.28. The fraction of sp³-hybridized carbons (Fsp3) is 0.125. The zero-order valence-electron chi connectivity index (χ0n) is 7.56. The highest BCUT2D eigenvalue weighted by Crippen LogP contribution is 2.11. The van der Waals surface area contributed by atoms with Gasteiger partial charge in [0.15, 0.2) is 0 Å². The zero-order chi connectivity index (χ0) is 10.8. The van der Waals surface area contributed by atoms with Gasteiger partial charge in [-0.3, -0.25) is 0 Å². The SMILES string of the molecule is Nc1nnnn1Cc1ccc(F)cc1F. The van der Waals surface area contributed by atoms with Gasteiger partial charge in [0, 0.05) is 11.6 Å². The lowest BCUT2D eigenvalue weighted by Gasteiger charge is -2.03. The smallest absolute Gasteiger partial charge is 0.240 e. The molecule has 0 aliphatic carbocycles. The fourth-order valence-electron chi connectivity index (χ4n) is 1.14. The lowest BCUT2D eigenvalue weighted by Crippen LogP contribution is -2.07. The van der Waals surface area contributed by atoms with E-state index in [4.69, 9.17) is 5.73 Å². The molecule has 1 aromatic carbocycles. The Bertz CT molecular complexity index is 482. The number of halogens is 2. The van der Waals surface area contributed by atoms with Crippen molar-refractivity contribution in [3.8, 4) is 0 Å². The standard InChI is InChI=1S/C8H7F2N5/c9-6-2-1-5(7(10)3-6)4-15-8(11)12-13-14-15/h1-3H,4H2,(H2,11,12,14). The molecule has 2 N–H and O–H groups in total. The van der Waals surface area contributed by atoms with E-state index in [9.17, 15) is 8.78 Å². The number of hydrogen-bond donors (Lipinski definition) is 1. The van der Waals surface area contributed by atoms with Crippen molar-refractivity contribution in [1.82, 2.24) is 20.2 Å². The van der Waals surface area contributed by atoms with E-state index < -0.39 is 11.6 Å². The van der Waals surface area contributed by atoms with Crippen molar-refractivity contribution in [1.29, 1.82) is 0 Å². The molecule has 5 nitrogen and oxygen atoms in total. The van der Waals surface area contributed by atoms with Crippen LogP contribution in [-0.2, 0) is 6.54 Å². The molecule has 0 fully saturated rings. The van der Waals surface area contributed by atoms with Crippen LogP contribution in [-0.4, -0.2) is 20.2 Å². The van der Waals surface area contributed by atoms with Gasteiger partial charge in [0.25, 0.3) is 0 Å². The molecule has 0 unspecified atom stereocenters. The van der Waals surface area contributed by atoms with Gasteiger partial charge in [-0.25, -0.2) is 13.5 Å². The number of anilines is 1. The summed E-state index contributed by atoms with van der Waals surface area (Å²) in [5, 5.41) is 10.3. The molecule has 0 atom stereocenters. The van der Waals surface area contributed by atoms with Crippen molar-refractivity contribution in [2.75, 3.05) is 5.73 Å². The minimum atomic E-state index is -0.648. The van der Waals surface area contributed by atoms with E-state index in [1.165, 1.54) is 16.8 Å². The van der Waals surface area contributed by atoms with Gasteiger partial charge in [0.05, 0.1) is 6.54 Å². The zero-order valence-corrected chi connectivity index (χ0v) is 7.56. The summed E-state index contributed by atoms with van der Waals surface area (Å²) in [7, 11) is 0. The average molecular weight is 211 g/mol. The molecule has 2 aromatic rings. The molecule has 15 heavy (non-hydrogen) atoms. The highest BCUT2D eigenvalue weighted by molar-refractivity contribution is 5.21. The van der Waals surface area contributed by atoms with Crippen molar-refractivity contribution in [2.24, 2.45) is 0 Å². The van der Waals surface area contributed by atoms with E-state index in [0.29, 0.717) is 0 Å². The molecule has 0 bridgehead atoms. The minimum absolute atomic E-state index is 0.0744. The van der Waals surface area contributed by atoms with Crippen LogP contribution in [0.2, 0.25) is 0 Å². The quantitative estimate of drug-likeness (QED) is 0.788. The molecular weight excluding hydrogens is 204 g/mol. The van der Waals surface area contributed by atoms with Crippen LogP contribution >= 0.6 is 0 Å². The van der Waals surface area contributed by atoms with Crippen molar-refractivity contribution in [3.05, 3.63) is 35.4 Å². The van der Waals surface area contributed by atoms with Crippen molar-refractivity contribution >= 4 is 5.95 Å². The maximum absolute atomic E-state index is 13.2. The fourth-order valence-corrected chi connectivity index (χ4v) is 1.14. The molecule has 0 amide bonds. The Morgan fingerprint density at radius 2 is 2.13 bits per heavy atom. The van der Waals surface area contributed by atoms with Crippen molar-refractivity contribution in [2.45, 2.75) is 6.54 Å². The van der Waals surface area contributed by atoms with Gasteiger partial charge in [-0.1, -0.05) is 11.2 Å². The minimum Gasteiger partial charge on any atom is -0.367 e. The normalized spacial score (nSPS) is 10.5. The van der Waals surface area contributed by atoms with E-state index in [0.717, 1.165) is 6.07 Å². The van der Waals surface area contributed by atoms with E-state index in [-0.39, 0.29) is 18.1 Å². The molecular formula is C8H7F2N5. The summed E-state index contributed by atoms with van der Waals surface area (Å²) in [5.41, 5.74) is 5.67. The number of aromatic nitrogens is 4. The first-order valence-corrected chi connectivity index (χ1v) is 4.12. The second kappa shape index (κ2) is 3.60. The third-order valence-corrected chi connectivity index (χ3v) is 1.89. The second-order valence-corrected chi connectivity index (χ2v) is 2.93. The largest absolute Gasteiger partial charge is 0.367 e. The van der Waals surface area contributed by atoms with Crippen LogP contribution in [0.5, 0.6) is 0 Å². The van der Waals surface area contributed by atoms with Gasteiger partial charge in [-0.05, 0) is 16.5 Å². The van der Waals surface area contributed by atoms with Crippen molar-refractivity contribution < 1.29 is 8.78 Å². The van der Waals surface area contributed by atoms with Crippen LogP contribution < -0.4 is 5.73 Å². The molecule has 7 heteroatoms. The molecule has 0 radical (unpaired) electrons. The highest BCUT2D eigenvalue weighted by atomic mass is 19.1. The van der Waals surface area contributed by atoms with Crippen LogP contribution in [0.25, 0.3) is 0 Å². The molecule has 0 saturated carbocycles. The summed E-state index contributed by atoms with van der Waals surface area (Å²) in [5.74, 6) is -1.19. The number of tetrazole rings is 1. The monoisotopic (exact) mass is 211 g/mol. The first-order chi connectivity index (χ1) is 7.16. The third kappa shape index (κ3) is 1.90. The van der Waals surface area contributed by atoms with E-state index in [1.54, 1.807) is 0 Å². The number of benzene rings is 1. The van der Waals surface area contributed by atoms with Crippen LogP contribution in [0, 0.1) is 11.6 Å². The Labute approximate surface area is 83.5 Å². The van der Waals surface area contributed by atoms with Gasteiger partial charge in [0.2, 0.25) is 5.95 Å². The molecule has 0 aliphatic heterocycles. The molecule has 0 saturated heterocycles. The predicted octanol–water partition coefficient (Wildman–Crippen LogP) is 0.582. The van der Waals surface area contributed by atoms with Crippen LogP contribution in [0.3, 0.4) is 0 Å². The molecule has 1 aromatic heterocycles. The Morgan fingerprint density at radius 3 is 2.73 bits per heavy atom. The number of nitrogens with zero attached hydrogens (tertiary/aromatic N) is 4. The van der Waals surface area contributed by atoms with Gasteiger partial charge >= 0.3 is 0 Å². The first kappa shape index (κ1) is 9.50. The number of hydrogen-bond acceptors (Lipinski definition) is 4. The Hall–Kier alpha value is -2.05. The van der Waals surface area contributed by atoms with E-state index in [2.05, 4.69) is 15.5 Å². The lowest BCUT2D eigenvalue weighted by atomic mass is 10.2. The van der Waals surface area contributed by atoms with Gasteiger partial charge < -0.3 is 5.73 Å². The number of nitrogen functional groups attached to an aromatic ring is 1. The average Bonchev–Trinajstić information content (AvgIpc) is 2.57. The molecule has 1 heterocycles. The topological polar surface area (TPSA) is 69.6 Å². The van der Waals surface area contributed by atoms with Gasteiger partial charge in [-0.15, -0.1) is 0 Å². The molecule has 78 valence electrons. The molecule has 0 aliphatic rings. The highest BCUT2D eigenvalue weighted by Gasteiger charge is 2.07. The summed E-state index contributed by atoms with van der Waals surface area (Å²) >= 11 is 0.